The largest absolute Gasteiger partial charge is 0.398 e. The average Bonchev–Trinajstić information content (AvgIpc) is 2.28. The fraction of sp³-hybridized carbons (Fsp3) is 0.500. The van der Waals surface area contributed by atoms with Gasteiger partial charge in [0.15, 0.2) is 0 Å². The van der Waals surface area contributed by atoms with Crippen molar-refractivity contribution < 1.29 is 13.5 Å². The van der Waals surface area contributed by atoms with Crippen molar-refractivity contribution in [3.8, 4) is 0 Å². The van der Waals surface area contributed by atoms with Crippen LogP contribution in [0, 0.1) is 6.92 Å². The Hall–Kier alpha value is -1.11. The van der Waals surface area contributed by atoms with Crippen LogP contribution < -0.4 is 10.5 Å². The van der Waals surface area contributed by atoms with Gasteiger partial charge in [0, 0.05) is 12.2 Å². The second-order valence-electron chi connectivity index (χ2n) is 4.41. The molecule has 0 aliphatic carbocycles. The molecule has 18 heavy (non-hydrogen) atoms. The maximum atomic E-state index is 11.9. The number of aryl methyl sites for hydroxylation is 1. The molecule has 1 rings (SSSR count). The molecular formula is C12H20N2O3S. The van der Waals surface area contributed by atoms with Gasteiger partial charge >= 0.3 is 0 Å². The van der Waals surface area contributed by atoms with Crippen molar-refractivity contribution in [2.45, 2.75) is 37.7 Å². The number of nitrogens with two attached hydrogens (primary N) is 1. The third-order valence-electron chi connectivity index (χ3n) is 2.65. The van der Waals surface area contributed by atoms with E-state index in [1.54, 1.807) is 13.0 Å². The molecule has 0 heterocycles. The summed E-state index contributed by atoms with van der Waals surface area (Å²) in [5.41, 5.74) is 7.00. The Labute approximate surface area is 108 Å². The van der Waals surface area contributed by atoms with Crippen LogP contribution in [-0.4, -0.2) is 26.2 Å². The Balaban J connectivity index is 2.66. The van der Waals surface area contributed by atoms with Gasteiger partial charge in [0.2, 0.25) is 10.0 Å². The standard InChI is InChI=1S/C12H20N2O3S/c1-9-5-6-11(8-12(9)13)18(16,17)14-7-3-4-10(2)15/h5-6,8,10,14-15H,3-4,7,13H2,1-2H3. The van der Waals surface area contributed by atoms with E-state index in [-0.39, 0.29) is 4.90 Å². The van der Waals surface area contributed by atoms with Crippen LogP contribution in [0.15, 0.2) is 23.1 Å². The lowest BCUT2D eigenvalue weighted by Gasteiger charge is -2.09. The zero-order valence-electron chi connectivity index (χ0n) is 10.7. The van der Waals surface area contributed by atoms with Crippen molar-refractivity contribution in [3.05, 3.63) is 23.8 Å². The molecule has 0 spiro atoms. The number of nitrogens with one attached hydrogen (secondary N) is 1. The van der Waals surface area contributed by atoms with Gasteiger partial charge in [-0.2, -0.15) is 0 Å². The minimum absolute atomic E-state index is 0.169. The Kier molecular flexibility index (Phi) is 5.13. The molecule has 1 unspecified atom stereocenters. The molecule has 5 nitrogen and oxygen atoms in total. The monoisotopic (exact) mass is 272 g/mol. The lowest BCUT2D eigenvalue weighted by Crippen LogP contribution is -2.25. The third-order valence-corrected chi connectivity index (χ3v) is 4.11. The van der Waals surface area contributed by atoms with Crippen LogP contribution in [0.5, 0.6) is 0 Å². The fourth-order valence-electron chi connectivity index (χ4n) is 1.47. The molecule has 0 radical (unpaired) electrons. The highest BCUT2D eigenvalue weighted by Crippen LogP contribution is 2.16. The van der Waals surface area contributed by atoms with Crippen molar-refractivity contribution in [3.63, 3.8) is 0 Å². The minimum atomic E-state index is -3.51. The minimum Gasteiger partial charge on any atom is -0.398 e. The van der Waals surface area contributed by atoms with Gasteiger partial charge in [-0.15, -0.1) is 0 Å². The Morgan fingerprint density at radius 2 is 2.11 bits per heavy atom. The van der Waals surface area contributed by atoms with Crippen molar-refractivity contribution >= 4 is 15.7 Å². The molecule has 0 fully saturated rings. The van der Waals surface area contributed by atoms with Gasteiger partial charge in [-0.25, -0.2) is 13.1 Å². The van der Waals surface area contributed by atoms with Crippen LogP contribution >= 0.6 is 0 Å². The van der Waals surface area contributed by atoms with Gasteiger partial charge < -0.3 is 10.8 Å². The molecule has 4 N–H and O–H groups in total. The van der Waals surface area contributed by atoms with Crippen molar-refractivity contribution in [1.29, 1.82) is 0 Å². The van der Waals surface area contributed by atoms with Crippen LogP contribution in [0.3, 0.4) is 0 Å². The Bertz CT molecular complexity index is 498. The maximum absolute atomic E-state index is 11.9. The summed E-state index contributed by atoms with van der Waals surface area (Å²) in [7, 11) is -3.51. The van der Waals surface area contributed by atoms with E-state index in [4.69, 9.17) is 10.8 Å². The molecular weight excluding hydrogens is 252 g/mol. The lowest BCUT2D eigenvalue weighted by atomic mass is 10.2. The van der Waals surface area contributed by atoms with Gasteiger partial charge in [-0.1, -0.05) is 6.07 Å². The Morgan fingerprint density at radius 1 is 1.44 bits per heavy atom. The van der Waals surface area contributed by atoms with Crippen LogP contribution in [0.2, 0.25) is 0 Å². The quantitative estimate of drug-likeness (QED) is 0.532. The number of benzene rings is 1. The van der Waals surface area contributed by atoms with Crippen LogP contribution in [0.4, 0.5) is 5.69 Å². The fourth-order valence-corrected chi connectivity index (χ4v) is 2.58. The van der Waals surface area contributed by atoms with Crippen molar-refractivity contribution in [1.82, 2.24) is 4.72 Å². The van der Waals surface area contributed by atoms with Crippen LogP contribution in [-0.2, 0) is 10.0 Å². The van der Waals surface area contributed by atoms with E-state index >= 15 is 0 Å². The summed E-state index contributed by atoms with van der Waals surface area (Å²) in [4.78, 5) is 0.169. The first-order valence-electron chi connectivity index (χ1n) is 5.87. The molecule has 0 amide bonds. The average molecular weight is 272 g/mol. The number of nitrogen functional groups attached to an aromatic ring is 1. The zero-order valence-corrected chi connectivity index (χ0v) is 11.5. The van der Waals surface area contributed by atoms with Gasteiger partial charge in [-0.3, -0.25) is 0 Å². The van der Waals surface area contributed by atoms with Crippen molar-refractivity contribution in [2.24, 2.45) is 0 Å². The maximum Gasteiger partial charge on any atom is 0.240 e. The number of rotatable bonds is 6. The van der Waals surface area contributed by atoms with Gasteiger partial charge in [0.05, 0.1) is 11.0 Å². The SMILES string of the molecule is Cc1ccc(S(=O)(=O)NCCCC(C)O)cc1N. The molecule has 0 aliphatic rings. The van der Waals surface area contributed by atoms with Crippen LogP contribution in [0.1, 0.15) is 25.3 Å². The van der Waals surface area contributed by atoms with E-state index in [0.717, 1.165) is 5.56 Å². The van der Waals surface area contributed by atoms with E-state index in [1.165, 1.54) is 12.1 Å². The van der Waals surface area contributed by atoms with E-state index in [2.05, 4.69) is 4.72 Å². The zero-order chi connectivity index (χ0) is 13.8. The number of hydrogen-bond acceptors (Lipinski definition) is 4. The van der Waals surface area contributed by atoms with E-state index < -0.39 is 16.1 Å². The molecule has 1 aromatic carbocycles. The number of hydrogen-bond donors (Lipinski definition) is 3. The number of anilines is 1. The number of sulfonamides is 1. The molecule has 0 aromatic heterocycles. The predicted molar refractivity (Wildman–Crippen MR) is 71.7 cm³/mol. The first-order valence-corrected chi connectivity index (χ1v) is 7.35. The topological polar surface area (TPSA) is 92.4 Å². The number of aliphatic hydroxyl groups excluding tert-OH is 1. The van der Waals surface area contributed by atoms with Crippen LogP contribution in [0.25, 0.3) is 0 Å². The van der Waals surface area contributed by atoms with Gasteiger partial charge in [0.1, 0.15) is 0 Å². The summed E-state index contributed by atoms with van der Waals surface area (Å²) in [5.74, 6) is 0. The third kappa shape index (κ3) is 4.29. The molecule has 1 atom stereocenters. The van der Waals surface area contributed by atoms with E-state index in [9.17, 15) is 8.42 Å². The van der Waals surface area contributed by atoms with Gasteiger partial charge in [-0.05, 0) is 44.4 Å². The summed E-state index contributed by atoms with van der Waals surface area (Å²) >= 11 is 0. The number of aliphatic hydroxyl groups is 1. The first kappa shape index (κ1) is 14.9. The van der Waals surface area contributed by atoms with Crippen molar-refractivity contribution in [2.75, 3.05) is 12.3 Å². The lowest BCUT2D eigenvalue weighted by molar-refractivity contribution is 0.182. The predicted octanol–water partition coefficient (Wildman–Crippen LogP) is 1.02. The normalized spacial score (nSPS) is 13.5. The molecule has 102 valence electrons. The highest BCUT2D eigenvalue weighted by atomic mass is 32.2. The highest BCUT2D eigenvalue weighted by molar-refractivity contribution is 7.89. The summed E-state index contributed by atoms with van der Waals surface area (Å²) in [6.07, 6.45) is 0.751. The first-order chi connectivity index (χ1) is 8.33. The summed E-state index contributed by atoms with van der Waals surface area (Å²) < 4.78 is 26.3. The summed E-state index contributed by atoms with van der Waals surface area (Å²) in [5, 5.41) is 9.07. The second kappa shape index (κ2) is 6.17. The smallest absolute Gasteiger partial charge is 0.240 e. The molecule has 0 saturated heterocycles. The molecule has 1 aromatic rings. The highest BCUT2D eigenvalue weighted by Gasteiger charge is 2.14. The van der Waals surface area contributed by atoms with E-state index in [1.807, 2.05) is 6.92 Å². The summed E-state index contributed by atoms with van der Waals surface area (Å²) in [6.45, 7) is 3.80. The van der Waals surface area contributed by atoms with E-state index in [0.29, 0.717) is 25.1 Å². The Morgan fingerprint density at radius 3 is 2.67 bits per heavy atom. The molecule has 0 aliphatic heterocycles. The molecule has 0 bridgehead atoms. The van der Waals surface area contributed by atoms with Gasteiger partial charge in [0.25, 0.3) is 0 Å². The second-order valence-corrected chi connectivity index (χ2v) is 6.17. The summed E-state index contributed by atoms with van der Waals surface area (Å²) in [6, 6.07) is 4.66. The molecule has 6 heteroatoms. The molecule has 0 saturated carbocycles.